The number of aromatic nitrogens is 2. The quantitative estimate of drug-likeness (QED) is 0.891. The Morgan fingerprint density at radius 3 is 2.65 bits per heavy atom. The normalized spacial score (nSPS) is 20.0. The maximum atomic E-state index is 12.4. The molecule has 0 atom stereocenters. The molecule has 2 aliphatic carbocycles. The lowest BCUT2D eigenvalue weighted by atomic mass is 9.85. The number of nitrogens with zero attached hydrogens (tertiary/aromatic N) is 2. The van der Waals surface area contributed by atoms with Crippen LogP contribution in [0.1, 0.15) is 56.8 Å². The van der Waals surface area contributed by atoms with Crippen molar-refractivity contribution in [2.75, 3.05) is 0 Å². The summed E-state index contributed by atoms with van der Waals surface area (Å²) in [6, 6.07) is 1.71. The summed E-state index contributed by atoms with van der Waals surface area (Å²) in [7, 11) is -3.45. The number of thiophene rings is 1. The van der Waals surface area contributed by atoms with E-state index in [1.165, 1.54) is 17.8 Å². The highest BCUT2D eigenvalue weighted by Crippen LogP contribution is 2.36. The third-order valence-electron chi connectivity index (χ3n) is 4.67. The summed E-state index contributed by atoms with van der Waals surface area (Å²) in [4.78, 5) is 4.41. The van der Waals surface area contributed by atoms with E-state index in [9.17, 15) is 8.42 Å². The first-order chi connectivity index (χ1) is 11.1. The van der Waals surface area contributed by atoms with Gasteiger partial charge in [-0.2, -0.15) is 4.98 Å². The average molecular weight is 353 g/mol. The van der Waals surface area contributed by atoms with Gasteiger partial charge in [0.15, 0.2) is 0 Å². The van der Waals surface area contributed by atoms with Gasteiger partial charge in [0, 0.05) is 22.9 Å². The number of sulfonamides is 1. The molecule has 2 aromatic heterocycles. The molecular weight excluding hydrogens is 334 g/mol. The van der Waals surface area contributed by atoms with Crippen molar-refractivity contribution in [3.05, 3.63) is 17.3 Å². The van der Waals surface area contributed by atoms with Crippen LogP contribution in [-0.2, 0) is 10.0 Å². The van der Waals surface area contributed by atoms with Crippen LogP contribution < -0.4 is 4.72 Å². The number of nitrogens with one attached hydrogen (secondary N) is 1. The van der Waals surface area contributed by atoms with E-state index in [2.05, 4.69) is 14.9 Å². The van der Waals surface area contributed by atoms with Crippen molar-refractivity contribution < 1.29 is 12.9 Å². The zero-order valence-corrected chi connectivity index (χ0v) is 14.3. The van der Waals surface area contributed by atoms with Gasteiger partial charge >= 0.3 is 0 Å². The van der Waals surface area contributed by atoms with Crippen LogP contribution in [0.25, 0.3) is 11.4 Å². The van der Waals surface area contributed by atoms with Gasteiger partial charge in [0.1, 0.15) is 4.21 Å². The summed E-state index contributed by atoms with van der Waals surface area (Å²) >= 11 is 1.20. The maximum Gasteiger partial charge on any atom is 0.250 e. The van der Waals surface area contributed by atoms with Crippen LogP contribution in [0.2, 0.25) is 0 Å². The van der Waals surface area contributed by atoms with Crippen LogP contribution in [-0.4, -0.2) is 24.6 Å². The predicted molar refractivity (Wildman–Crippen MR) is 86.8 cm³/mol. The van der Waals surface area contributed by atoms with E-state index >= 15 is 0 Å². The van der Waals surface area contributed by atoms with Crippen molar-refractivity contribution in [2.24, 2.45) is 0 Å². The molecule has 2 saturated carbocycles. The lowest BCUT2D eigenvalue weighted by Crippen LogP contribution is -2.32. The Kier molecular flexibility index (Phi) is 3.98. The Balaban J connectivity index is 1.52. The second-order valence-corrected chi connectivity index (χ2v) is 9.19. The van der Waals surface area contributed by atoms with Gasteiger partial charge in [-0.05, 0) is 31.7 Å². The molecule has 0 radical (unpaired) electrons. The molecule has 124 valence electrons. The van der Waals surface area contributed by atoms with Crippen LogP contribution in [0.4, 0.5) is 0 Å². The molecule has 0 aliphatic heterocycles. The van der Waals surface area contributed by atoms with E-state index in [-0.39, 0.29) is 6.04 Å². The molecule has 1 N–H and O–H groups in total. The molecule has 0 spiro atoms. The maximum absolute atomic E-state index is 12.4. The molecule has 2 heterocycles. The largest absolute Gasteiger partial charge is 0.339 e. The number of hydrogen-bond acceptors (Lipinski definition) is 6. The summed E-state index contributed by atoms with van der Waals surface area (Å²) < 4.78 is 33.3. The van der Waals surface area contributed by atoms with Gasteiger partial charge in [0.2, 0.25) is 21.7 Å². The number of rotatable bonds is 5. The van der Waals surface area contributed by atoms with Gasteiger partial charge in [0.05, 0.1) is 0 Å². The molecule has 2 aromatic rings. The van der Waals surface area contributed by atoms with Gasteiger partial charge in [0.25, 0.3) is 0 Å². The molecule has 0 unspecified atom stereocenters. The third-order valence-corrected chi connectivity index (χ3v) is 7.63. The Bertz CT molecular complexity index is 787. The molecular formula is C15H19N3O3S2. The molecule has 8 heteroatoms. The van der Waals surface area contributed by atoms with Crippen molar-refractivity contribution in [3.8, 4) is 11.4 Å². The van der Waals surface area contributed by atoms with Crippen molar-refractivity contribution in [3.63, 3.8) is 0 Å². The van der Waals surface area contributed by atoms with Gasteiger partial charge in [-0.3, -0.25) is 0 Å². The molecule has 6 nitrogen and oxygen atoms in total. The zero-order chi connectivity index (χ0) is 15.9. The van der Waals surface area contributed by atoms with E-state index in [1.807, 2.05) is 0 Å². The average Bonchev–Trinajstić information content (AvgIpc) is 3.16. The van der Waals surface area contributed by atoms with Crippen LogP contribution in [0.15, 0.2) is 20.2 Å². The smallest absolute Gasteiger partial charge is 0.250 e. The molecule has 0 aromatic carbocycles. The summed E-state index contributed by atoms with van der Waals surface area (Å²) in [5.74, 6) is 1.53. The molecule has 2 aliphatic rings. The van der Waals surface area contributed by atoms with E-state index in [0.717, 1.165) is 38.5 Å². The molecule has 0 bridgehead atoms. The zero-order valence-electron chi connectivity index (χ0n) is 12.7. The fraction of sp³-hybridized carbons (Fsp3) is 0.600. The lowest BCUT2D eigenvalue weighted by molar-refractivity contribution is 0.292. The Labute approximate surface area is 139 Å². The minimum Gasteiger partial charge on any atom is -0.339 e. The lowest BCUT2D eigenvalue weighted by Gasteiger charge is -2.20. The third kappa shape index (κ3) is 3.07. The van der Waals surface area contributed by atoms with Crippen molar-refractivity contribution in [1.29, 1.82) is 0 Å². The van der Waals surface area contributed by atoms with Gasteiger partial charge < -0.3 is 4.52 Å². The minimum absolute atomic E-state index is 0.0703. The van der Waals surface area contributed by atoms with E-state index in [0.29, 0.717) is 27.4 Å². The highest BCUT2D eigenvalue weighted by atomic mass is 32.2. The summed E-state index contributed by atoms with van der Waals surface area (Å²) in [6.07, 6.45) is 7.42. The first kappa shape index (κ1) is 15.3. The van der Waals surface area contributed by atoms with Crippen LogP contribution in [0.5, 0.6) is 0 Å². The SMILES string of the molecule is O=S(=O)(NC1CCCC1)c1cc(-c2noc(C3CCC3)n2)cs1. The second kappa shape index (κ2) is 5.99. The fourth-order valence-electron chi connectivity index (χ4n) is 3.07. The monoisotopic (exact) mass is 353 g/mol. The fourth-order valence-corrected chi connectivity index (χ4v) is 5.55. The molecule has 0 saturated heterocycles. The van der Waals surface area contributed by atoms with Crippen molar-refractivity contribution >= 4 is 21.4 Å². The highest BCUT2D eigenvalue weighted by molar-refractivity contribution is 7.91. The number of hydrogen-bond donors (Lipinski definition) is 1. The summed E-state index contributed by atoms with van der Waals surface area (Å²) in [5.41, 5.74) is 0.705. The van der Waals surface area contributed by atoms with Gasteiger partial charge in [-0.25, -0.2) is 13.1 Å². The van der Waals surface area contributed by atoms with E-state index < -0.39 is 10.0 Å². The van der Waals surface area contributed by atoms with Crippen molar-refractivity contribution in [2.45, 2.75) is 61.1 Å². The van der Waals surface area contributed by atoms with Gasteiger partial charge in [-0.15, -0.1) is 11.3 Å². The molecule has 23 heavy (non-hydrogen) atoms. The molecule has 4 rings (SSSR count). The molecule has 0 amide bonds. The standard InChI is InChI=1S/C15H19N3O3S2/c19-23(20,18-12-6-1-2-7-12)13-8-11(9-22-13)14-16-15(21-17-14)10-4-3-5-10/h8-10,12,18H,1-7H2. The molecule has 2 fully saturated rings. The van der Waals surface area contributed by atoms with Crippen molar-refractivity contribution in [1.82, 2.24) is 14.9 Å². The minimum atomic E-state index is -3.45. The Hall–Kier alpha value is -1.25. The van der Waals surface area contributed by atoms with Crippen LogP contribution in [0, 0.1) is 0 Å². The highest BCUT2D eigenvalue weighted by Gasteiger charge is 2.27. The Morgan fingerprint density at radius 1 is 1.17 bits per heavy atom. The first-order valence-corrected chi connectivity index (χ1v) is 10.4. The van der Waals surface area contributed by atoms with E-state index in [4.69, 9.17) is 4.52 Å². The van der Waals surface area contributed by atoms with Crippen LogP contribution in [0.3, 0.4) is 0 Å². The first-order valence-electron chi connectivity index (χ1n) is 8.07. The predicted octanol–water partition coefficient (Wildman–Crippen LogP) is 3.29. The summed E-state index contributed by atoms with van der Waals surface area (Å²) in [6.45, 7) is 0. The second-order valence-electron chi connectivity index (χ2n) is 6.34. The van der Waals surface area contributed by atoms with E-state index in [1.54, 1.807) is 11.4 Å². The Morgan fingerprint density at radius 2 is 1.96 bits per heavy atom. The summed E-state index contributed by atoms with van der Waals surface area (Å²) in [5, 5.41) is 5.77. The topological polar surface area (TPSA) is 85.1 Å². The van der Waals surface area contributed by atoms with Crippen LogP contribution >= 0.6 is 11.3 Å². The van der Waals surface area contributed by atoms with Gasteiger partial charge in [-0.1, -0.05) is 24.4 Å².